The van der Waals surface area contributed by atoms with Crippen LogP contribution in [0.1, 0.15) is 0 Å². The minimum Gasteiger partial charge on any atom is -0.397 e. The number of hydrogen-bond acceptors (Lipinski definition) is 2. The van der Waals surface area contributed by atoms with Crippen molar-refractivity contribution in [1.82, 2.24) is 4.98 Å². The number of benzene rings is 1. The molecule has 2 aromatic rings. The smallest absolute Gasteiger partial charge is 0.132 e. The van der Waals surface area contributed by atoms with Gasteiger partial charge in [0.05, 0.1) is 17.6 Å². The monoisotopic (exact) mass is 266 g/mol. The Bertz CT molecular complexity index is 482. The maximum absolute atomic E-state index is 13.5. The summed E-state index contributed by atoms with van der Waals surface area (Å²) in [5, 5.41) is 0. The number of nitrogens with zero attached hydrogens (tertiary/aromatic N) is 1. The average molecular weight is 267 g/mol. The lowest BCUT2D eigenvalue weighted by Gasteiger charge is -2.03. The van der Waals surface area contributed by atoms with E-state index >= 15 is 0 Å². The van der Waals surface area contributed by atoms with Crippen LogP contribution in [0.25, 0.3) is 11.3 Å². The summed E-state index contributed by atoms with van der Waals surface area (Å²) in [4.78, 5) is 4.06. The molecule has 0 saturated carbocycles. The second-order valence-corrected chi connectivity index (χ2v) is 4.02. The Morgan fingerprint density at radius 2 is 2.00 bits per heavy atom. The van der Waals surface area contributed by atoms with Crippen LogP contribution in [-0.4, -0.2) is 4.98 Å². The predicted molar refractivity (Wildman–Crippen MR) is 61.7 cm³/mol. The fraction of sp³-hybridized carbons (Fsp3) is 0. The molecule has 0 aliphatic heterocycles. The Morgan fingerprint density at radius 3 is 2.67 bits per heavy atom. The number of rotatable bonds is 1. The number of nitrogen functional groups attached to an aromatic ring is 1. The molecule has 1 heterocycles. The summed E-state index contributed by atoms with van der Waals surface area (Å²) in [7, 11) is 0. The molecular formula is C11H8BrFN2. The van der Waals surface area contributed by atoms with Gasteiger partial charge < -0.3 is 5.73 Å². The fourth-order valence-electron chi connectivity index (χ4n) is 1.26. The van der Waals surface area contributed by atoms with Gasteiger partial charge in [0, 0.05) is 10.0 Å². The molecular weight excluding hydrogens is 259 g/mol. The van der Waals surface area contributed by atoms with Crippen LogP contribution in [0.3, 0.4) is 0 Å². The molecule has 76 valence electrons. The van der Waals surface area contributed by atoms with E-state index in [1.165, 1.54) is 12.3 Å². The highest BCUT2D eigenvalue weighted by molar-refractivity contribution is 9.10. The molecule has 0 spiro atoms. The van der Waals surface area contributed by atoms with Gasteiger partial charge in [-0.25, -0.2) is 4.39 Å². The van der Waals surface area contributed by atoms with Crippen molar-refractivity contribution in [2.75, 3.05) is 5.73 Å². The van der Waals surface area contributed by atoms with Gasteiger partial charge >= 0.3 is 0 Å². The SMILES string of the molecule is Nc1ccc(-c2cc(Br)ccc2F)nc1. The Kier molecular flexibility index (Phi) is 2.68. The maximum atomic E-state index is 13.5. The molecule has 2 nitrogen and oxygen atoms in total. The first-order valence-corrected chi connectivity index (χ1v) is 5.13. The summed E-state index contributed by atoms with van der Waals surface area (Å²) in [5.41, 5.74) is 7.11. The third-order valence-corrected chi connectivity index (χ3v) is 2.48. The van der Waals surface area contributed by atoms with E-state index in [0.717, 1.165) is 4.47 Å². The standard InChI is InChI=1S/C11H8BrFN2/c12-7-1-3-10(13)9(5-7)11-4-2-8(14)6-15-11/h1-6H,14H2. The highest BCUT2D eigenvalue weighted by Crippen LogP contribution is 2.24. The first kappa shape index (κ1) is 10.1. The van der Waals surface area contributed by atoms with E-state index in [9.17, 15) is 4.39 Å². The van der Waals surface area contributed by atoms with E-state index in [2.05, 4.69) is 20.9 Å². The van der Waals surface area contributed by atoms with Gasteiger partial charge in [0.15, 0.2) is 0 Å². The average Bonchev–Trinajstić information content (AvgIpc) is 2.23. The Balaban J connectivity index is 2.53. The van der Waals surface area contributed by atoms with Crippen molar-refractivity contribution >= 4 is 21.6 Å². The van der Waals surface area contributed by atoms with Gasteiger partial charge in [-0.2, -0.15) is 0 Å². The van der Waals surface area contributed by atoms with Crippen molar-refractivity contribution in [3.63, 3.8) is 0 Å². The van der Waals surface area contributed by atoms with Gasteiger partial charge in [-0.05, 0) is 30.3 Å². The van der Waals surface area contributed by atoms with Crippen LogP contribution in [0.5, 0.6) is 0 Å². The number of pyridine rings is 1. The van der Waals surface area contributed by atoms with Crippen molar-refractivity contribution < 1.29 is 4.39 Å². The Labute approximate surface area is 95.1 Å². The number of anilines is 1. The Morgan fingerprint density at radius 1 is 1.20 bits per heavy atom. The van der Waals surface area contributed by atoms with E-state index in [1.807, 2.05) is 0 Å². The number of hydrogen-bond donors (Lipinski definition) is 1. The van der Waals surface area contributed by atoms with Crippen LogP contribution in [0.2, 0.25) is 0 Å². The van der Waals surface area contributed by atoms with E-state index in [0.29, 0.717) is 16.9 Å². The highest BCUT2D eigenvalue weighted by Gasteiger charge is 2.06. The zero-order valence-electron chi connectivity index (χ0n) is 7.74. The first-order chi connectivity index (χ1) is 7.16. The Hall–Kier alpha value is -1.42. The molecule has 0 unspecified atom stereocenters. The minimum absolute atomic E-state index is 0.296. The molecule has 0 bridgehead atoms. The van der Waals surface area contributed by atoms with E-state index in [1.54, 1.807) is 24.3 Å². The van der Waals surface area contributed by atoms with Crippen LogP contribution in [-0.2, 0) is 0 Å². The van der Waals surface area contributed by atoms with Gasteiger partial charge in [0.25, 0.3) is 0 Å². The van der Waals surface area contributed by atoms with Crippen LogP contribution in [0, 0.1) is 5.82 Å². The van der Waals surface area contributed by atoms with E-state index in [-0.39, 0.29) is 5.82 Å². The third-order valence-electron chi connectivity index (χ3n) is 1.99. The normalized spacial score (nSPS) is 10.3. The summed E-state index contributed by atoms with van der Waals surface area (Å²) in [6.45, 7) is 0. The first-order valence-electron chi connectivity index (χ1n) is 4.34. The molecule has 1 aromatic heterocycles. The molecule has 0 aliphatic carbocycles. The summed E-state index contributed by atoms with van der Waals surface area (Å²) >= 11 is 3.29. The molecule has 0 aliphatic rings. The molecule has 0 fully saturated rings. The van der Waals surface area contributed by atoms with E-state index in [4.69, 9.17) is 5.73 Å². The molecule has 1 aromatic carbocycles. The third kappa shape index (κ3) is 2.15. The molecule has 15 heavy (non-hydrogen) atoms. The van der Waals surface area contributed by atoms with Crippen molar-refractivity contribution in [3.05, 3.63) is 46.8 Å². The molecule has 0 radical (unpaired) electrons. The van der Waals surface area contributed by atoms with Gasteiger partial charge in [0.2, 0.25) is 0 Å². The minimum atomic E-state index is -0.296. The maximum Gasteiger partial charge on any atom is 0.132 e. The summed E-state index contributed by atoms with van der Waals surface area (Å²) in [6, 6.07) is 8.13. The van der Waals surface area contributed by atoms with Gasteiger partial charge in [0.1, 0.15) is 5.82 Å². The fourth-order valence-corrected chi connectivity index (χ4v) is 1.62. The van der Waals surface area contributed by atoms with Crippen molar-refractivity contribution in [1.29, 1.82) is 0 Å². The molecule has 0 saturated heterocycles. The lowest BCUT2D eigenvalue weighted by Crippen LogP contribution is -1.90. The van der Waals surface area contributed by atoms with Crippen LogP contribution < -0.4 is 5.73 Å². The van der Waals surface area contributed by atoms with Crippen molar-refractivity contribution in [3.8, 4) is 11.3 Å². The van der Waals surface area contributed by atoms with Crippen LogP contribution in [0.4, 0.5) is 10.1 Å². The molecule has 2 N–H and O–H groups in total. The lowest BCUT2D eigenvalue weighted by atomic mass is 10.1. The quantitative estimate of drug-likeness (QED) is 0.861. The largest absolute Gasteiger partial charge is 0.397 e. The summed E-state index contributed by atoms with van der Waals surface area (Å²) < 4.78 is 14.3. The molecule has 4 heteroatoms. The number of nitrogens with two attached hydrogens (primary N) is 1. The van der Waals surface area contributed by atoms with Crippen LogP contribution >= 0.6 is 15.9 Å². The molecule has 0 amide bonds. The number of halogens is 2. The predicted octanol–water partition coefficient (Wildman–Crippen LogP) is 3.23. The van der Waals surface area contributed by atoms with Crippen molar-refractivity contribution in [2.45, 2.75) is 0 Å². The topological polar surface area (TPSA) is 38.9 Å². The van der Waals surface area contributed by atoms with Crippen molar-refractivity contribution in [2.24, 2.45) is 0 Å². The van der Waals surface area contributed by atoms with Gasteiger partial charge in [-0.15, -0.1) is 0 Å². The zero-order valence-corrected chi connectivity index (χ0v) is 9.33. The van der Waals surface area contributed by atoms with E-state index < -0.39 is 0 Å². The van der Waals surface area contributed by atoms with Crippen LogP contribution in [0.15, 0.2) is 41.0 Å². The second kappa shape index (κ2) is 3.98. The highest BCUT2D eigenvalue weighted by atomic mass is 79.9. The number of aromatic nitrogens is 1. The zero-order chi connectivity index (χ0) is 10.8. The van der Waals surface area contributed by atoms with Gasteiger partial charge in [-0.1, -0.05) is 15.9 Å². The molecule has 2 rings (SSSR count). The lowest BCUT2D eigenvalue weighted by molar-refractivity contribution is 0.630. The van der Waals surface area contributed by atoms with Gasteiger partial charge in [-0.3, -0.25) is 4.98 Å². The second-order valence-electron chi connectivity index (χ2n) is 3.10. The summed E-state index contributed by atoms with van der Waals surface area (Å²) in [5.74, 6) is -0.296. The molecule has 0 atom stereocenters. The summed E-state index contributed by atoms with van der Waals surface area (Å²) in [6.07, 6.45) is 1.51.